The van der Waals surface area contributed by atoms with E-state index in [1.54, 1.807) is 0 Å². The van der Waals surface area contributed by atoms with Crippen LogP contribution in [0.15, 0.2) is 71.8 Å². The number of benzene rings is 3. The molecule has 3 aromatic carbocycles. The number of anilines is 1. The van der Waals surface area contributed by atoms with E-state index in [9.17, 15) is 0 Å². The number of nitrogens with one attached hydrogen (secondary N) is 2. The Labute approximate surface area is 144 Å². The standard InChI is InChI=1S/C20H14ClN3/c21-15-10-8-13-6-7-14-9-11-18(20(22)19(14)17(13)12-15)24-23-16-4-2-1-3-5-16/h1-12,22-23H/b22-20?,24-18-. The average molecular weight is 332 g/mol. The molecule has 0 saturated carbocycles. The summed E-state index contributed by atoms with van der Waals surface area (Å²) in [7, 11) is 0. The summed E-state index contributed by atoms with van der Waals surface area (Å²) in [6.07, 6.45) is 3.84. The van der Waals surface area contributed by atoms with Gasteiger partial charge >= 0.3 is 0 Å². The number of fused-ring (bicyclic) bond motifs is 3. The van der Waals surface area contributed by atoms with Crippen LogP contribution in [0.3, 0.4) is 0 Å². The quantitative estimate of drug-likeness (QED) is 0.610. The Bertz CT molecular complexity index is 1000. The molecule has 0 fully saturated rings. The second-order valence-electron chi connectivity index (χ2n) is 5.58. The molecule has 3 aromatic rings. The van der Waals surface area contributed by atoms with Crippen molar-refractivity contribution < 1.29 is 0 Å². The van der Waals surface area contributed by atoms with Crippen molar-refractivity contribution in [2.45, 2.75) is 0 Å². The summed E-state index contributed by atoms with van der Waals surface area (Å²) in [6, 6.07) is 19.5. The number of hydrogen-bond donors (Lipinski definition) is 2. The van der Waals surface area contributed by atoms with Gasteiger partial charge in [0.1, 0.15) is 5.71 Å². The molecule has 0 amide bonds. The molecule has 4 heteroatoms. The van der Waals surface area contributed by atoms with Gasteiger partial charge in [-0.15, -0.1) is 0 Å². The van der Waals surface area contributed by atoms with Gasteiger partial charge < -0.3 is 0 Å². The van der Waals surface area contributed by atoms with E-state index < -0.39 is 0 Å². The first-order valence-electron chi connectivity index (χ1n) is 7.61. The summed E-state index contributed by atoms with van der Waals surface area (Å²) in [5.74, 6) is 0. The zero-order valence-electron chi connectivity index (χ0n) is 12.8. The molecule has 0 aliphatic heterocycles. The molecule has 1 aliphatic rings. The largest absolute Gasteiger partial charge is 0.298 e. The average Bonchev–Trinajstić information content (AvgIpc) is 2.61. The number of nitrogens with zero attached hydrogens (tertiary/aromatic N) is 1. The highest BCUT2D eigenvalue weighted by molar-refractivity contribution is 6.55. The van der Waals surface area contributed by atoms with E-state index in [2.05, 4.69) is 10.5 Å². The summed E-state index contributed by atoms with van der Waals surface area (Å²) in [6.45, 7) is 0. The molecule has 0 bridgehead atoms. The molecule has 0 unspecified atom stereocenters. The van der Waals surface area contributed by atoms with Gasteiger partial charge in [-0.25, -0.2) is 0 Å². The molecule has 0 aromatic heterocycles. The first-order chi connectivity index (χ1) is 11.7. The van der Waals surface area contributed by atoms with Gasteiger partial charge in [-0.05, 0) is 46.7 Å². The van der Waals surface area contributed by atoms with Crippen LogP contribution in [0.1, 0.15) is 11.1 Å². The Morgan fingerprint density at radius 1 is 0.917 bits per heavy atom. The lowest BCUT2D eigenvalue weighted by Gasteiger charge is -2.16. The monoisotopic (exact) mass is 331 g/mol. The Morgan fingerprint density at radius 2 is 1.71 bits per heavy atom. The van der Waals surface area contributed by atoms with Crippen molar-refractivity contribution >= 4 is 45.6 Å². The maximum Gasteiger partial charge on any atom is 0.109 e. The lowest BCUT2D eigenvalue weighted by Crippen LogP contribution is -2.18. The third-order valence-electron chi connectivity index (χ3n) is 4.02. The molecule has 0 heterocycles. The zero-order valence-corrected chi connectivity index (χ0v) is 13.5. The van der Waals surface area contributed by atoms with E-state index in [-0.39, 0.29) is 0 Å². The van der Waals surface area contributed by atoms with Gasteiger partial charge in [0, 0.05) is 10.6 Å². The van der Waals surface area contributed by atoms with Crippen LogP contribution in [0.4, 0.5) is 5.69 Å². The summed E-state index contributed by atoms with van der Waals surface area (Å²) in [5.41, 5.74) is 6.75. The van der Waals surface area contributed by atoms with Crippen LogP contribution >= 0.6 is 11.6 Å². The van der Waals surface area contributed by atoms with Crippen LogP contribution in [0.2, 0.25) is 5.02 Å². The minimum Gasteiger partial charge on any atom is -0.298 e. The van der Waals surface area contributed by atoms with E-state index in [1.807, 2.05) is 72.8 Å². The number of para-hydroxylation sites is 1. The predicted octanol–water partition coefficient (Wildman–Crippen LogP) is 5.36. The van der Waals surface area contributed by atoms with Gasteiger partial charge in [-0.2, -0.15) is 5.10 Å². The second-order valence-corrected chi connectivity index (χ2v) is 6.01. The van der Waals surface area contributed by atoms with Crippen LogP contribution in [-0.4, -0.2) is 11.4 Å². The fourth-order valence-corrected chi connectivity index (χ4v) is 3.01. The van der Waals surface area contributed by atoms with Gasteiger partial charge in [0.2, 0.25) is 0 Å². The summed E-state index contributed by atoms with van der Waals surface area (Å²) in [4.78, 5) is 0. The predicted molar refractivity (Wildman–Crippen MR) is 102 cm³/mol. The van der Waals surface area contributed by atoms with Gasteiger partial charge in [-0.3, -0.25) is 10.8 Å². The molecule has 4 rings (SSSR count). The third-order valence-corrected chi connectivity index (χ3v) is 4.26. The smallest absolute Gasteiger partial charge is 0.109 e. The summed E-state index contributed by atoms with van der Waals surface area (Å²) in [5, 5.41) is 15.7. The molecule has 2 N–H and O–H groups in total. The van der Waals surface area contributed by atoms with Crippen LogP contribution in [0.25, 0.3) is 16.8 Å². The molecule has 0 atom stereocenters. The Morgan fingerprint density at radius 3 is 2.54 bits per heavy atom. The molecular formula is C20H14ClN3. The van der Waals surface area contributed by atoms with Gasteiger partial charge in [0.25, 0.3) is 0 Å². The fourth-order valence-electron chi connectivity index (χ4n) is 2.84. The van der Waals surface area contributed by atoms with Crippen molar-refractivity contribution in [1.82, 2.24) is 0 Å². The molecule has 3 nitrogen and oxygen atoms in total. The van der Waals surface area contributed by atoms with Gasteiger partial charge in [0.05, 0.1) is 11.4 Å². The lowest BCUT2D eigenvalue weighted by atomic mass is 9.89. The van der Waals surface area contributed by atoms with Crippen molar-refractivity contribution in [3.63, 3.8) is 0 Å². The van der Waals surface area contributed by atoms with Crippen LogP contribution in [-0.2, 0) is 0 Å². The highest BCUT2D eigenvalue weighted by Gasteiger charge is 2.19. The van der Waals surface area contributed by atoms with Crippen LogP contribution < -0.4 is 5.43 Å². The van der Waals surface area contributed by atoms with E-state index in [0.29, 0.717) is 16.4 Å². The Balaban J connectivity index is 1.77. The molecule has 116 valence electrons. The van der Waals surface area contributed by atoms with Gasteiger partial charge in [-0.1, -0.05) is 54.1 Å². The first kappa shape index (κ1) is 14.7. The van der Waals surface area contributed by atoms with Crippen LogP contribution in [0, 0.1) is 5.41 Å². The number of allylic oxidation sites excluding steroid dienone is 1. The van der Waals surface area contributed by atoms with Crippen molar-refractivity contribution in [3.05, 3.63) is 82.9 Å². The first-order valence-corrected chi connectivity index (χ1v) is 7.98. The highest BCUT2D eigenvalue weighted by atomic mass is 35.5. The molecule has 24 heavy (non-hydrogen) atoms. The number of hydrazone groups is 1. The molecule has 0 spiro atoms. The lowest BCUT2D eigenvalue weighted by molar-refractivity contribution is 1.34. The minimum atomic E-state index is 0.392. The third kappa shape index (κ3) is 2.59. The van der Waals surface area contributed by atoms with Crippen molar-refractivity contribution in [1.29, 1.82) is 5.41 Å². The topological polar surface area (TPSA) is 48.2 Å². The maximum atomic E-state index is 8.58. The van der Waals surface area contributed by atoms with E-state index in [1.165, 1.54) is 0 Å². The molecule has 0 radical (unpaired) electrons. The van der Waals surface area contributed by atoms with Crippen molar-refractivity contribution in [2.24, 2.45) is 5.10 Å². The summed E-state index contributed by atoms with van der Waals surface area (Å²) < 4.78 is 0. The van der Waals surface area contributed by atoms with E-state index in [0.717, 1.165) is 27.6 Å². The number of rotatable bonds is 2. The van der Waals surface area contributed by atoms with Crippen LogP contribution in [0.5, 0.6) is 0 Å². The minimum absolute atomic E-state index is 0.392. The van der Waals surface area contributed by atoms with E-state index >= 15 is 0 Å². The van der Waals surface area contributed by atoms with E-state index in [4.69, 9.17) is 17.0 Å². The van der Waals surface area contributed by atoms with Crippen molar-refractivity contribution in [3.8, 4) is 0 Å². The van der Waals surface area contributed by atoms with Crippen molar-refractivity contribution in [2.75, 3.05) is 5.43 Å². The van der Waals surface area contributed by atoms with Gasteiger partial charge in [0.15, 0.2) is 0 Å². The molecule has 1 aliphatic carbocycles. The second kappa shape index (κ2) is 5.95. The zero-order chi connectivity index (χ0) is 16.5. The highest BCUT2D eigenvalue weighted by Crippen LogP contribution is 2.29. The summed E-state index contributed by atoms with van der Waals surface area (Å²) >= 11 is 6.16. The normalized spacial score (nSPS) is 14.9. The Kier molecular flexibility index (Phi) is 3.63. The molecule has 0 saturated heterocycles. The Hall–Kier alpha value is -2.91. The SMILES string of the molecule is N=C1/C(=N\Nc2ccccc2)C=Cc2ccc3ccc(Cl)cc3c21. The maximum absolute atomic E-state index is 8.58. The molecular weight excluding hydrogens is 318 g/mol. The number of halogens is 1. The number of hydrogen-bond acceptors (Lipinski definition) is 3. The fraction of sp³-hybridized carbons (Fsp3) is 0.